The summed E-state index contributed by atoms with van der Waals surface area (Å²) >= 11 is 0. The summed E-state index contributed by atoms with van der Waals surface area (Å²) in [5.74, 6) is 3.01. The molecule has 4 heterocycles. The maximum Gasteiger partial charge on any atom is 0.225 e. The van der Waals surface area contributed by atoms with Gasteiger partial charge in [-0.3, -0.25) is 4.79 Å². The number of hydrogen-bond donors (Lipinski definition) is 1. The summed E-state index contributed by atoms with van der Waals surface area (Å²) in [4.78, 5) is 34.9. The van der Waals surface area contributed by atoms with Crippen molar-refractivity contribution in [1.29, 1.82) is 0 Å². The fourth-order valence-electron chi connectivity index (χ4n) is 5.02. The third kappa shape index (κ3) is 6.48. The molecule has 1 aromatic carbocycles. The molecule has 2 fully saturated rings. The van der Waals surface area contributed by atoms with Crippen molar-refractivity contribution in [2.45, 2.75) is 32.1 Å². The van der Waals surface area contributed by atoms with E-state index in [-0.39, 0.29) is 11.8 Å². The molecule has 1 atom stereocenters. The number of methoxy groups -OCH3 is 1. The van der Waals surface area contributed by atoms with E-state index in [1.54, 1.807) is 19.8 Å². The van der Waals surface area contributed by atoms with Gasteiger partial charge in [-0.05, 0) is 56.4 Å². The lowest BCUT2D eigenvalue weighted by atomic mass is 9.97. The molecule has 2 aliphatic heterocycles. The maximum absolute atomic E-state index is 12.9. The molecule has 0 spiro atoms. The number of nitrogens with zero attached hydrogens (tertiary/aromatic N) is 6. The molecule has 10 nitrogen and oxygen atoms in total. The minimum absolute atomic E-state index is 0.0411. The highest BCUT2D eigenvalue weighted by atomic mass is 16.5. The first-order valence-electron chi connectivity index (χ1n) is 13.4. The number of piperidine rings is 2. The zero-order chi connectivity index (χ0) is 26.2. The van der Waals surface area contributed by atoms with Crippen LogP contribution in [0.5, 0.6) is 11.6 Å². The van der Waals surface area contributed by atoms with Crippen LogP contribution in [0.3, 0.4) is 0 Å². The summed E-state index contributed by atoms with van der Waals surface area (Å²) in [6.07, 6.45) is 8.55. The van der Waals surface area contributed by atoms with E-state index < -0.39 is 0 Å². The summed E-state index contributed by atoms with van der Waals surface area (Å²) in [6.45, 7) is 4.30. The average molecular weight is 518 g/mol. The van der Waals surface area contributed by atoms with Crippen molar-refractivity contribution in [3.63, 3.8) is 0 Å². The van der Waals surface area contributed by atoms with E-state index >= 15 is 0 Å². The summed E-state index contributed by atoms with van der Waals surface area (Å²) in [6, 6.07) is 11.7. The van der Waals surface area contributed by atoms with E-state index in [2.05, 4.69) is 35.1 Å². The molecule has 2 saturated heterocycles. The number of hydrogen-bond acceptors (Lipinski definition) is 9. The number of ether oxygens (including phenoxy) is 2. The van der Waals surface area contributed by atoms with Crippen LogP contribution in [0.2, 0.25) is 0 Å². The Morgan fingerprint density at radius 1 is 0.921 bits per heavy atom. The molecule has 2 aliphatic rings. The minimum Gasteiger partial charge on any atom is -0.497 e. The number of nitrogens with one attached hydrogen (secondary N) is 1. The van der Waals surface area contributed by atoms with Gasteiger partial charge in [0.1, 0.15) is 36.6 Å². The van der Waals surface area contributed by atoms with Crippen molar-refractivity contribution in [2.75, 3.05) is 56.2 Å². The molecule has 3 aromatic rings. The highest BCUT2D eigenvalue weighted by molar-refractivity contribution is 5.79. The monoisotopic (exact) mass is 517 g/mol. The van der Waals surface area contributed by atoms with Crippen molar-refractivity contribution < 1.29 is 14.3 Å². The van der Waals surface area contributed by atoms with Gasteiger partial charge in [-0.1, -0.05) is 0 Å². The standard InChI is InChI=1S/C28H35N7O3/c1-37-23-9-7-21(8-10-23)24-16-25(31-19-30-24)35-14-5-6-22(18-35)28(36)29-11-15-38-27-17-26(32-20-33-27)34-12-3-2-4-13-34/h7-10,16-17,19-20,22H,2-6,11-15,18H2,1H3,(H,29,36). The van der Waals surface area contributed by atoms with Gasteiger partial charge < -0.3 is 24.6 Å². The number of carbonyl (C=O) groups excluding carboxylic acids is 1. The van der Waals surface area contributed by atoms with Gasteiger partial charge in [0, 0.05) is 43.9 Å². The van der Waals surface area contributed by atoms with E-state index in [1.165, 1.54) is 19.3 Å². The van der Waals surface area contributed by atoms with Crippen LogP contribution in [0.1, 0.15) is 32.1 Å². The second-order valence-corrected chi connectivity index (χ2v) is 9.68. The molecule has 0 bridgehead atoms. The quantitative estimate of drug-likeness (QED) is 0.428. The number of carbonyl (C=O) groups is 1. The third-order valence-electron chi connectivity index (χ3n) is 7.11. The highest BCUT2D eigenvalue weighted by Crippen LogP contribution is 2.26. The van der Waals surface area contributed by atoms with Crippen LogP contribution in [0.15, 0.2) is 49.1 Å². The zero-order valence-corrected chi connectivity index (χ0v) is 21.9. The van der Waals surface area contributed by atoms with Crippen LogP contribution in [-0.2, 0) is 4.79 Å². The van der Waals surface area contributed by atoms with E-state index in [0.717, 1.165) is 61.1 Å². The molecule has 0 aliphatic carbocycles. The first kappa shape index (κ1) is 25.7. The SMILES string of the molecule is COc1ccc(-c2cc(N3CCCC(C(=O)NCCOc4cc(N5CCCCC5)ncn4)C3)ncn2)cc1. The first-order valence-corrected chi connectivity index (χ1v) is 13.4. The molecule has 38 heavy (non-hydrogen) atoms. The van der Waals surface area contributed by atoms with Crippen LogP contribution in [0, 0.1) is 5.92 Å². The Bertz CT molecular complexity index is 1200. The molecule has 1 N–H and O–H groups in total. The van der Waals surface area contributed by atoms with Gasteiger partial charge in [0.25, 0.3) is 0 Å². The molecule has 0 saturated carbocycles. The number of anilines is 2. The fraction of sp³-hybridized carbons (Fsp3) is 0.464. The summed E-state index contributed by atoms with van der Waals surface area (Å²) in [5, 5.41) is 3.03. The van der Waals surface area contributed by atoms with Gasteiger partial charge in [0.05, 0.1) is 25.3 Å². The van der Waals surface area contributed by atoms with Crippen molar-refractivity contribution >= 4 is 17.5 Å². The lowest BCUT2D eigenvalue weighted by Gasteiger charge is -2.33. The van der Waals surface area contributed by atoms with Gasteiger partial charge in [0.2, 0.25) is 11.8 Å². The Hall–Kier alpha value is -3.95. The lowest BCUT2D eigenvalue weighted by molar-refractivity contribution is -0.125. The molecular weight excluding hydrogens is 482 g/mol. The Balaban J connectivity index is 1.11. The zero-order valence-electron chi connectivity index (χ0n) is 21.9. The van der Waals surface area contributed by atoms with Gasteiger partial charge in [-0.2, -0.15) is 0 Å². The molecule has 2 aromatic heterocycles. The van der Waals surface area contributed by atoms with Crippen molar-refractivity contribution in [3.05, 3.63) is 49.1 Å². The van der Waals surface area contributed by atoms with Crippen LogP contribution in [-0.4, -0.2) is 72.3 Å². The first-order chi connectivity index (χ1) is 18.7. The molecule has 0 radical (unpaired) electrons. The molecule has 10 heteroatoms. The van der Waals surface area contributed by atoms with E-state index in [9.17, 15) is 4.79 Å². The Morgan fingerprint density at radius 3 is 2.45 bits per heavy atom. The molecular formula is C28H35N7O3. The molecule has 5 rings (SSSR count). The van der Waals surface area contributed by atoms with Gasteiger partial charge in [0.15, 0.2) is 0 Å². The number of amides is 1. The normalized spacial score (nSPS) is 17.7. The minimum atomic E-state index is -0.104. The molecule has 200 valence electrons. The summed E-state index contributed by atoms with van der Waals surface area (Å²) in [5.41, 5.74) is 1.84. The van der Waals surface area contributed by atoms with Crippen LogP contribution in [0.4, 0.5) is 11.6 Å². The van der Waals surface area contributed by atoms with Crippen LogP contribution >= 0.6 is 0 Å². The van der Waals surface area contributed by atoms with Gasteiger partial charge in [-0.15, -0.1) is 0 Å². The molecule has 1 amide bonds. The fourth-order valence-corrected chi connectivity index (χ4v) is 5.02. The second kappa shape index (κ2) is 12.5. The van der Waals surface area contributed by atoms with E-state index in [4.69, 9.17) is 9.47 Å². The van der Waals surface area contributed by atoms with Crippen LogP contribution < -0.4 is 24.6 Å². The Labute approximate surface area is 223 Å². The largest absolute Gasteiger partial charge is 0.497 e. The average Bonchev–Trinajstić information content (AvgIpc) is 3.00. The smallest absolute Gasteiger partial charge is 0.225 e. The van der Waals surface area contributed by atoms with Crippen molar-refractivity contribution in [2.24, 2.45) is 5.92 Å². The predicted octanol–water partition coefficient (Wildman–Crippen LogP) is 3.34. The summed E-state index contributed by atoms with van der Waals surface area (Å²) in [7, 11) is 1.65. The maximum atomic E-state index is 12.9. The number of benzene rings is 1. The Morgan fingerprint density at radius 2 is 1.66 bits per heavy atom. The predicted molar refractivity (Wildman–Crippen MR) is 146 cm³/mol. The second-order valence-electron chi connectivity index (χ2n) is 9.68. The van der Waals surface area contributed by atoms with Crippen molar-refractivity contribution in [3.8, 4) is 22.9 Å². The van der Waals surface area contributed by atoms with Gasteiger partial charge >= 0.3 is 0 Å². The lowest BCUT2D eigenvalue weighted by Crippen LogP contribution is -2.44. The Kier molecular flexibility index (Phi) is 8.47. The molecule has 1 unspecified atom stereocenters. The van der Waals surface area contributed by atoms with E-state index in [0.29, 0.717) is 25.6 Å². The van der Waals surface area contributed by atoms with Crippen LogP contribution in [0.25, 0.3) is 11.3 Å². The van der Waals surface area contributed by atoms with E-state index in [1.807, 2.05) is 36.4 Å². The highest BCUT2D eigenvalue weighted by Gasteiger charge is 2.26. The number of aromatic nitrogens is 4. The van der Waals surface area contributed by atoms with Gasteiger partial charge in [-0.25, -0.2) is 19.9 Å². The summed E-state index contributed by atoms with van der Waals surface area (Å²) < 4.78 is 11.1. The number of rotatable bonds is 9. The topological polar surface area (TPSA) is 106 Å². The third-order valence-corrected chi connectivity index (χ3v) is 7.11. The van der Waals surface area contributed by atoms with Crippen molar-refractivity contribution in [1.82, 2.24) is 25.3 Å².